The Bertz CT molecular complexity index is 176. The number of terminal acetylenes is 1. The standard InChI is InChI=1S/C8H13NO2S/c1-2-3-4-5-12-6-7(9)8(10)11/h1,7H,3-6,9H2,(H,10,11)/t7-/m1/s1. The Kier molecular flexibility index (Phi) is 6.63. The van der Waals surface area contributed by atoms with E-state index in [-0.39, 0.29) is 0 Å². The van der Waals surface area contributed by atoms with Crippen molar-refractivity contribution in [2.45, 2.75) is 18.9 Å². The second-order valence-corrected chi connectivity index (χ2v) is 3.48. The van der Waals surface area contributed by atoms with Crippen LogP contribution in [0.15, 0.2) is 0 Å². The fourth-order valence-corrected chi connectivity index (χ4v) is 1.47. The molecule has 0 fully saturated rings. The minimum atomic E-state index is -0.945. The molecular formula is C8H13NO2S. The second-order valence-electron chi connectivity index (χ2n) is 2.33. The van der Waals surface area contributed by atoms with E-state index in [1.165, 1.54) is 11.8 Å². The van der Waals surface area contributed by atoms with E-state index >= 15 is 0 Å². The zero-order valence-corrected chi connectivity index (χ0v) is 7.64. The molecule has 0 rings (SSSR count). The number of carboxylic acid groups (broad SMARTS) is 1. The fourth-order valence-electron chi connectivity index (χ4n) is 0.558. The third kappa shape index (κ3) is 6.08. The van der Waals surface area contributed by atoms with Crippen LogP contribution in [0.25, 0.3) is 0 Å². The first-order valence-electron chi connectivity index (χ1n) is 3.68. The molecule has 0 saturated heterocycles. The minimum Gasteiger partial charge on any atom is -0.480 e. The van der Waals surface area contributed by atoms with Crippen LogP contribution in [0.2, 0.25) is 0 Å². The minimum absolute atomic E-state index is 0.458. The molecular weight excluding hydrogens is 174 g/mol. The average molecular weight is 187 g/mol. The van der Waals surface area contributed by atoms with Gasteiger partial charge in [-0.25, -0.2) is 0 Å². The van der Waals surface area contributed by atoms with Gasteiger partial charge in [0.15, 0.2) is 0 Å². The number of unbranched alkanes of at least 4 members (excludes halogenated alkanes) is 1. The topological polar surface area (TPSA) is 63.3 Å². The Balaban J connectivity index is 3.21. The Morgan fingerprint density at radius 2 is 2.42 bits per heavy atom. The summed E-state index contributed by atoms with van der Waals surface area (Å²) in [7, 11) is 0. The lowest BCUT2D eigenvalue weighted by Gasteiger charge is -2.04. The first kappa shape index (κ1) is 11.3. The molecule has 0 saturated carbocycles. The third-order valence-electron chi connectivity index (χ3n) is 1.22. The predicted molar refractivity (Wildman–Crippen MR) is 51.0 cm³/mol. The summed E-state index contributed by atoms with van der Waals surface area (Å²) < 4.78 is 0. The largest absolute Gasteiger partial charge is 0.480 e. The molecule has 12 heavy (non-hydrogen) atoms. The molecule has 0 heterocycles. The van der Waals surface area contributed by atoms with Gasteiger partial charge < -0.3 is 10.8 Å². The number of hydrogen-bond donors (Lipinski definition) is 2. The lowest BCUT2D eigenvalue weighted by Crippen LogP contribution is -2.32. The second kappa shape index (κ2) is 7.01. The zero-order chi connectivity index (χ0) is 9.40. The summed E-state index contributed by atoms with van der Waals surface area (Å²) in [4.78, 5) is 10.2. The maximum Gasteiger partial charge on any atom is 0.321 e. The monoisotopic (exact) mass is 187 g/mol. The normalized spacial score (nSPS) is 12.0. The number of rotatable bonds is 6. The number of thioether (sulfide) groups is 1. The molecule has 0 amide bonds. The number of nitrogens with two attached hydrogens (primary N) is 1. The Labute approximate surface area is 76.7 Å². The van der Waals surface area contributed by atoms with E-state index in [4.69, 9.17) is 17.3 Å². The van der Waals surface area contributed by atoms with Gasteiger partial charge in [-0.3, -0.25) is 4.79 Å². The molecule has 0 unspecified atom stereocenters. The predicted octanol–water partition coefficient (Wildman–Crippen LogP) is 0.545. The molecule has 0 aromatic heterocycles. The average Bonchev–Trinajstić information content (AvgIpc) is 2.03. The maximum absolute atomic E-state index is 10.2. The van der Waals surface area contributed by atoms with Crippen LogP contribution in [-0.2, 0) is 4.79 Å². The van der Waals surface area contributed by atoms with Crippen molar-refractivity contribution in [3.05, 3.63) is 0 Å². The van der Waals surface area contributed by atoms with E-state index in [0.29, 0.717) is 5.75 Å². The van der Waals surface area contributed by atoms with Crippen LogP contribution in [0, 0.1) is 12.3 Å². The summed E-state index contributed by atoms with van der Waals surface area (Å²) in [6, 6.07) is -0.749. The van der Waals surface area contributed by atoms with Gasteiger partial charge in [0.1, 0.15) is 6.04 Å². The highest BCUT2D eigenvalue weighted by atomic mass is 32.2. The summed E-state index contributed by atoms with van der Waals surface area (Å²) >= 11 is 1.53. The molecule has 3 nitrogen and oxygen atoms in total. The quantitative estimate of drug-likeness (QED) is 0.470. The van der Waals surface area contributed by atoms with Crippen molar-refractivity contribution >= 4 is 17.7 Å². The molecule has 0 aliphatic rings. The Hall–Kier alpha value is -0.660. The van der Waals surface area contributed by atoms with Gasteiger partial charge in [-0.2, -0.15) is 11.8 Å². The lowest BCUT2D eigenvalue weighted by atomic mass is 10.4. The third-order valence-corrected chi connectivity index (χ3v) is 2.40. The maximum atomic E-state index is 10.2. The fraction of sp³-hybridized carbons (Fsp3) is 0.625. The first-order valence-corrected chi connectivity index (χ1v) is 4.83. The van der Waals surface area contributed by atoms with Crippen LogP contribution in [0.3, 0.4) is 0 Å². The summed E-state index contributed by atoms with van der Waals surface area (Å²) in [5, 5.41) is 8.41. The van der Waals surface area contributed by atoms with Crippen LogP contribution in [-0.4, -0.2) is 28.6 Å². The molecule has 68 valence electrons. The molecule has 0 spiro atoms. The van der Waals surface area contributed by atoms with Crippen molar-refractivity contribution in [2.24, 2.45) is 5.73 Å². The molecule has 0 aliphatic heterocycles. The van der Waals surface area contributed by atoms with Crippen molar-refractivity contribution in [1.82, 2.24) is 0 Å². The van der Waals surface area contributed by atoms with Crippen molar-refractivity contribution in [3.63, 3.8) is 0 Å². The van der Waals surface area contributed by atoms with E-state index < -0.39 is 12.0 Å². The summed E-state index contributed by atoms with van der Waals surface area (Å²) in [6.45, 7) is 0. The van der Waals surface area contributed by atoms with E-state index in [2.05, 4.69) is 5.92 Å². The lowest BCUT2D eigenvalue weighted by molar-refractivity contribution is -0.137. The zero-order valence-electron chi connectivity index (χ0n) is 6.82. The number of carboxylic acids is 1. The van der Waals surface area contributed by atoms with Crippen LogP contribution >= 0.6 is 11.8 Å². The van der Waals surface area contributed by atoms with Gasteiger partial charge in [-0.1, -0.05) is 0 Å². The highest BCUT2D eigenvalue weighted by Crippen LogP contribution is 2.05. The molecule has 4 heteroatoms. The van der Waals surface area contributed by atoms with Crippen LogP contribution < -0.4 is 5.73 Å². The van der Waals surface area contributed by atoms with E-state index in [0.717, 1.165) is 18.6 Å². The van der Waals surface area contributed by atoms with Gasteiger partial charge in [0.05, 0.1) is 0 Å². The molecule has 0 aliphatic carbocycles. The van der Waals surface area contributed by atoms with Gasteiger partial charge in [-0.15, -0.1) is 12.3 Å². The molecule has 1 atom stereocenters. The van der Waals surface area contributed by atoms with Crippen molar-refractivity contribution in [1.29, 1.82) is 0 Å². The number of carbonyl (C=O) groups is 1. The van der Waals surface area contributed by atoms with Crippen molar-refractivity contribution < 1.29 is 9.90 Å². The highest BCUT2D eigenvalue weighted by Gasteiger charge is 2.09. The van der Waals surface area contributed by atoms with Crippen molar-refractivity contribution in [2.75, 3.05) is 11.5 Å². The molecule has 3 N–H and O–H groups in total. The van der Waals surface area contributed by atoms with Crippen molar-refractivity contribution in [3.8, 4) is 12.3 Å². The Morgan fingerprint density at radius 1 is 1.75 bits per heavy atom. The molecule has 0 aromatic carbocycles. The number of aliphatic carboxylic acids is 1. The van der Waals surface area contributed by atoms with Gasteiger partial charge in [0.25, 0.3) is 0 Å². The summed E-state index contributed by atoms with van der Waals surface area (Å²) in [5.41, 5.74) is 5.27. The van der Waals surface area contributed by atoms with Gasteiger partial charge in [0, 0.05) is 12.2 Å². The molecule has 0 aromatic rings. The highest BCUT2D eigenvalue weighted by molar-refractivity contribution is 7.99. The van der Waals surface area contributed by atoms with Gasteiger partial charge in [-0.05, 0) is 12.2 Å². The van der Waals surface area contributed by atoms with Crippen LogP contribution in [0.1, 0.15) is 12.8 Å². The number of hydrogen-bond acceptors (Lipinski definition) is 3. The molecule has 0 bridgehead atoms. The first-order chi connectivity index (χ1) is 5.68. The summed E-state index contributed by atoms with van der Waals surface area (Å²) in [5.74, 6) is 2.91. The van der Waals surface area contributed by atoms with Crippen LogP contribution in [0.4, 0.5) is 0 Å². The van der Waals surface area contributed by atoms with Gasteiger partial charge >= 0.3 is 5.97 Å². The van der Waals surface area contributed by atoms with E-state index in [1.807, 2.05) is 0 Å². The van der Waals surface area contributed by atoms with E-state index in [9.17, 15) is 4.79 Å². The van der Waals surface area contributed by atoms with Crippen LogP contribution in [0.5, 0.6) is 0 Å². The smallest absolute Gasteiger partial charge is 0.321 e. The summed E-state index contributed by atoms with van der Waals surface area (Å²) in [6.07, 6.45) is 6.71. The SMILES string of the molecule is C#CCCCSC[C@@H](N)C(=O)O. The Morgan fingerprint density at radius 3 is 2.92 bits per heavy atom. The molecule has 0 radical (unpaired) electrons. The van der Waals surface area contributed by atoms with Gasteiger partial charge in [0.2, 0.25) is 0 Å². The van der Waals surface area contributed by atoms with E-state index in [1.54, 1.807) is 0 Å².